The quantitative estimate of drug-likeness (QED) is 0.647. The number of aromatic nitrogens is 2. The number of likely N-dealkylation sites (tertiary alicyclic amines) is 1. The maximum atomic E-state index is 12.5. The SMILES string of the molecule is CN1CCn2nc(C(=O)N3CCC[C@H]3C(N)=O)cc2C1=O.O=CO. The van der Waals surface area contributed by atoms with Crippen molar-refractivity contribution in [1.29, 1.82) is 0 Å². The molecule has 0 aromatic carbocycles. The summed E-state index contributed by atoms with van der Waals surface area (Å²) in [6.07, 6.45) is 1.32. The first-order chi connectivity index (χ1) is 11.4. The van der Waals surface area contributed by atoms with Gasteiger partial charge in [0.15, 0.2) is 5.69 Å². The molecule has 3 N–H and O–H groups in total. The van der Waals surface area contributed by atoms with Crippen molar-refractivity contribution in [2.45, 2.75) is 25.4 Å². The van der Waals surface area contributed by atoms with Crippen molar-refractivity contribution >= 4 is 24.2 Å². The zero-order chi connectivity index (χ0) is 17.9. The largest absolute Gasteiger partial charge is 0.483 e. The highest BCUT2D eigenvalue weighted by Gasteiger charge is 2.35. The van der Waals surface area contributed by atoms with Crippen molar-refractivity contribution in [2.75, 3.05) is 20.1 Å². The molecule has 3 rings (SSSR count). The third-order valence-corrected chi connectivity index (χ3v) is 4.05. The van der Waals surface area contributed by atoms with E-state index in [1.807, 2.05) is 0 Å². The van der Waals surface area contributed by atoms with Gasteiger partial charge in [0, 0.05) is 26.2 Å². The number of amides is 3. The molecule has 1 fully saturated rings. The Bertz CT molecular complexity index is 671. The lowest BCUT2D eigenvalue weighted by Gasteiger charge is -2.22. The van der Waals surface area contributed by atoms with Crippen molar-refractivity contribution in [2.24, 2.45) is 5.73 Å². The summed E-state index contributed by atoms with van der Waals surface area (Å²) in [5.74, 6) is -0.991. The van der Waals surface area contributed by atoms with Gasteiger partial charge in [0.05, 0.1) is 6.54 Å². The van der Waals surface area contributed by atoms with Crippen LogP contribution in [0.4, 0.5) is 0 Å². The first-order valence-corrected chi connectivity index (χ1v) is 7.42. The summed E-state index contributed by atoms with van der Waals surface area (Å²) in [6, 6.07) is 0.922. The summed E-state index contributed by atoms with van der Waals surface area (Å²) >= 11 is 0. The van der Waals surface area contributed by atoms with E-state index in [4.69, 9.17) is 15.6 Å². The van der Waals surface area contributed by atoms with E-state index < -0.39 is 11.9 Å². The van der Waals surface area contributed by atoms with Gasteiger partial charge in [0.25, 0.3) is 18.3 Å². The number of fused-ring (bicyclic) bond motifs is 1. The molecule has 0 radical (unpaired) electrons. The van der Waals surface area contributed by atoms with Gasteiger partial charge in [0.2, 0.25) is 5.91 Å². The Morgan fingerprint density at radius 1 is 1.38 bits per heavy atom. The van der Waals surface area contributed by atoms with Crippen molar-refractivity contribution in [3.8, 4) is 0 Å². The number of carbonyl (C=O) groups is 4. The molecule has 130 valence electrons. The van der Waals surface area contributed by atoms with Crippen LogP contribution in [-0.2, 0) is 16.1 Å². The molecule has 0 saturated carbocycles. The average Bonchev–Trinajstić information content (AvgIpc) is 3.18. The van der Waals surface area contributed by atoms with Crippen LogP contribution in [0.5, 0.6) is 0 Å². The minimum absolute atomic E-state index is 0.152. The Kier molecular flexibility index (Phi) is 5.17. The van der Waals surface area contributed by atoms with Crippen LogP contribution in [-0.4, -0.2) is 75.1 Å². The van der Waals surface area contributed by atoms with Crippen molar-refractivity contribution in [1.82, 2.24) is 19.6 Å². The lowest BCUT2D eigenvalue weighted by molar-refractivity contribution is -0.123. The number of nitrogens with zero attached hydrogens (tertiary/aromatic N) is 4. The lowest BCUT2D eigenvalue weighted by Crippen LogP contribution is -2.43. The van der Waals surface area contributed by atoms with Crippen LogP contribution in [0.25, 0.3) is 0 Å². The van der Waals surface area contributed by atoms with E-state index >= 15 is 0 Å². The topological polar surface area (TPSA) is 139 Å². The summed E-state index contributed by atoms with van der Waals surface area (Å²) in [7, 11) is 1.71. The Hall–Kier alpha value is -2.91. The van der Waals surface area contributed by atoms with E-state index in [-0.39, 0.29) is 24.0 Å². The summed E-state index contributed by atoms with van der Waals surface area (Å²) in [5, 5.41) is 11.1. The Labute approximate surface area is 137 Å². The fourth-order valence-corrected chi connectivity index (χ4v) is 2.86. The van der Waals surface area contributed by atoms with Gasteiger partial charge < -0.3 is 20.6 Å². The molecule has 10 nitrogen and oxygen atoms in total. The molecule has 0 unspecified atom stereocenters. The highest BCUT2D eigenvalue weighted by atomic mass is 16.3. The highest BCUT2D eigenvalue weighted by Crippen LogP contribution is 2.21. The fourth-order valence-electron chi connectivity index (χ4n) is 2.86. The van der Waals surface area contributed by atoms with Gasteiger partial charge >= 0.3 is 0 Å². The van der Waals surface area contributed by atoms with Crippen LogP contribution >= 0.6 is 0 Å². The summed E-state index contributed by atoms with van der Waals surface area (Å²) in [5.41, 5.74) is 5.92. The number of likely N-dealkylation sites (N-methyl/N-ethyl adjacent to an activating group) is 1. The van der Waals surface area contributed by atoms with E-state index in [1.165, 1.54) is 11.0 Å². The first-order valence-electron chi connectivity index (χ1n) is 7.42. The Morgan fingerprint density at radius 3 is 2.67 bits per heavy atom. The standard InChI is InChI=1S/C13H17N5O3.CH2O2/c1-16-5-6-18-10(13(16)21)7-8(15-18)12(20)17-4-2-3-9(17)11(14)19;2-1-3/h7,9H,2-6H2,1H3,(H2,14,19);1H,(H,2,3)/t9-;/m0./s1. The molecule has 3 amide bonds. The van der Waals surface area contributed by atoms with Gasteiger partial charge in [-0.15, -0.1) is 0 Å². The van der Waals surface area contributed by atoms with Gasteiger partial charge in [-0.1, -0.05) is 0 Å². The summed E-state index contributed by atoms with van der Waals surface area (Å²) < 4.78 is 1.55. The van der Waals surface area contributed by atoms with E-state index in [1.54, 1.807) is 16.6 Å². The molecule has 24 heavy (non-hydrogen) atoms. The maximum absolute atomic E-state index is 12.5. The molecule has 10 heteroatoms. The zero-order valence-electron chi connectivity index (χ0n) is 13.2. The average molecular weight is 337 g/mol. The third-order valence-electron chi connectivity index (χ3n) is 4.05. The van der Waals surface area contributed by atoms with Gasteiger partial charge in [0.1, 0.15) is 11.7 Å². The number of hydrogen-bond donors (Lipinski definition) is 2. The molecule has 1 atom stereocenters. The Morgan fingerprint density at radius 2 is 2.04 bits per heavy atom. The predicted molar refractivity (Wildman–Crippen MR) is 81.1 cm³/mol. The van der Waals surface area contributed by atoms with Crippen LogP contribution in [0.2, 0.25) is 0 Å². The van der Waals surface area contributed by atoms with Crippen LogP contribution in [0.3, 0.4) is 0 Å². The molecule has 1 aromatic heterocycles. The smallest absolute Gasteiger partial charge is 0.290 e. The highest BCUT2D eigenvalue weighted by molar-refractivity contribution is 5.99. The predicted octanol–water partition coefficient (Wildman–Crippen LogP) is -1.24. The molecule has 0 aliphatic carbocycles. The van der Waals surface area contributed by atoms with Crippen LogP contribution in [0.15, 0.2) is 6.07 Å². The van der Waals surface area contributed by atoms with Gasteiger partial charge in [-0.2, -0.15) is 5.10 Å². The van der Waals surface area contributed by atoms with Crippen LogP contribution in [0, 0.1) is 0 Å². The first kappa shape index (κ1) is 17.4. The molecule has 2 aliphatic rings. The van der Waals surface area contributed by atoms with Crippen molar-refractivity contribution in [3.05, 3.63) is 17.5 Å². The molecular formula is C14H19N5O5. The van der Waals surface area contributed by atoms with Gasteiger partial charge in [-0.25, -0.2) is 0 Å². The molecule has 3 heterocycles. The Balaban J connectivity index is 0.000000647. The molecule has 1 aromatic rings. The molecule has 1 saturated heterocycles. The minimum atomic E-state index is -0.574. The van der Waals surface area contributed by atoms with E-state index in [0.29, 0.717) is 31.7 Å². The molecular weight excluding hydrogens is 318 g/mol. The second kappa shape index (κ2) is 7.11. The van der Waals surface area contributed by atoms with Crippen molar-refractivity contribution < 1.29 is 24.3 Å². The normalized spacial score (nSPS) is 19.4. The third kappa shape index (κ3) is 3.21. The maximum Gasteiger partial charge on any atom is 0.290 e. The zero-order valence-corrected chi connectivity index (χ0v) is 13.2. The number of carboxylic acid groups (broad SMARTS) is 1. The molecule has 0 bridgehead atoms. The van der Waals surface area contributed by atoms with Crippen LogP contribution in [0.1, 0.15) is 33.8 Å². The van der Waals surface area contributed by atoms with E-state index in [0.717, 1.165) is 6.42 Å². The van der Waals surface area contributed by atoms with Crippen LogP contribution < -0.4 is 5.73 Å². The van der Waals surface area contributed by atoms with E-state index in [2.05, 4.69) is 5.10 Å². The minimum Gasteiger partial charge on any atom is -0.483 e. The van der Waals surface area contributed by atoms with Crippen molar-refractivity contribution in [3.63, 3.8) is 0 Å². The second-order valence-electron chi connectivity index (χ2n) is 5.53. The summed E-state index contributed by atoms with van der Waals surface area (Å²) in [4.78, 5) is 47.3. The van der Waals surface area contributed by atoms with Gasteiger partial charge in [-0.05, 0) is 12.8 Å². The number of carbonyl (C=O) groups excluding carboxylic acids is 3. The molecule has 2 aliphatic heterocycles. The number of primary amides is 1. The fraction of sp³-hybridized carbons (Fsp3) is 0.500. The van der Waals surface area contributed by atoms with Gasteiger partial charge in [-0.3, -0.25) is 23.9 Å². The monoisotopic (exact) mass is 337 g/mol. The number of nitrogens with two attached hydrogens (primary N) is 1. The van der Waals surface area contributed by atoms with E-state index in [9.17, 15) is 14.4 Å². The number of hydrogen-bond acceptors (Lipinski definition) is 5. The number of rotatable bonds is 2. The second-order valence-corrected chi connectivity index (χ2v) is 5.53. The lowest BCUT2D eigenvalue weighted by atomic mass is 10.2. The molecule has 0 spiro atoms. The summed E-state index contributed by atoms with van der Waals surface area (Å²) in [6.45, 7) is 1.36.